The molecule has 0 aliphatic carbocycles. The summed E-state index contributed by atoms with van der Waals surface area (Å²) in [5.74, 6) is 0.205. The Kier molecular flexibility index (Phi) is 3.46. The van der Waals surface area contributed by atoms with E-state index in [1.165, 1.54) is 18.9 Å². The molecule has 0 unspecified atom stereocenters. The Morgan fingerprint density at radius 1 is 1.23 bits per heavy atom. The molecule has 2 heterocycles. The Hall–Kier alpha value is -2.74. The highest BCUT2D eigenvalue weighted by molar-refractivity contribution is 7.90. The lowest BCUT2D eigenvalue weighted by Crippen LogP contribution is -2.26. The third-order valence-electron chi connectivity index (χ3n) is 4.70. The van der Waals surface area contributed by atoms with Gasteiger partial charge in [-0.1, -0.05) is 6.07 Å². The zero-order chi connectivity index (χ0) is 18.7. The Bertz CT molecular complexity index is 1150. The predicted octanol–water partition coefficient (Wildman–Crippen LogP) is 2.08. The number of sulfone groups is 1. The van der Waals surface area contributed by atoms with Gasteiger partial charge in [-0.25, -0.2) is 18.1 Å². The molecule has 0 spiro atoms. The number of esters is 1. The van der Waals surface area contributed by atoms with E-state index < -0.39 is 15.3 Å². The molecule has 0 fully saturated rings. The second-order valence-electron chi connectivity index (χ2n) is 7.00. The lowest BCUT2D eigenvalue weighted by Gasteiger charge is -2.17. The van der Waals surface area contributed by atoms with Gasteiger partial charge in [0, 0.05) is 11.8 Å². The lowest BCUT2D eigenvalue weighted by atomic mass is 9.83. The predicted molar refractivity (Wildman–Crippen MR) is 94.8 cm³/mol. The first-order valence-corrected chi connectivity index (χ1v) is 9.92. The largest absolute Gasteiger partial charge is 0.426 e. The second kappa shape index (κ2) is 5.38. The molecule has 0 atom stereocenters. The number of carbonyl (C=O) groups is 1. The van der Waals surface area contributed by atoms with Gasteiger partial charge in [0.1, 0.15) is 18.4 Å². The van der Waals surface area contributed by atoms with Gasteiger partial charge in [-0.2, -0.15) is 5.10 Å². The number of rotatable bonds is 3. The highest BCUT2D eigenvalue weighted by atomic mass is 32.2. The van der Waals surface area contributed by atoms with E-state index in [-0.39, 0.29) is 17.4 Å². The summed E-state index contributed by atoms with van der Waals surface area (Å²) < 4.78 is 31.6. The first kappa shape index (κ1) is 16.7. The molecule has 1 aliphatic rings. The number of ether oxygens (including phenoxy) is 1. The maximum atomic E-state index is 12.3. The fraction of sp³-hybridized carbons (Fsp3) is 0.278. The molecular weight excluding hydrogens is 354 g/mol. The van der Waals surface area contributed by atoms with Gasteiger partial charge in [0.05, 0.1) is 16.9 Å². The standard InChI is InChI=1S/C18H17N3O4S/c1-18(2)16-13-6-12(8-21-10-19-9-20-21)15(26(3,23)24)7-11(13)4-5-14(16)25-17(18)22/h4-7,9-10H,8H2,1-3H3. The molecule has 7 nitrogen and oxygen atoms in total. The number of hydrogen-bond donors (Lipinski definition) is 0. The molecule has 0 amide bonds. The van der Waals surface area contributed by atoms with Crippen LogP contribution in [0.15, 0.2) is 41.8 Å². The van der Waals surface area contributed by atoms with Gasteiger partial charge >= 0.3 is 5.97 Å². The number of nitrogens with zero attached hydrogens (tertiary/aromatic N) is 3. The minimum absolute atomic E-state index is 0.239. The lowest BCUT2D eigenvalue weighted by molar-refractivity contribution is -0.137. The average Bonchev–Trinajstić information content (AvgIpc) is 3.13. The third-order valence-corrected chi connectivity index (χ3v) is 5.88. The molecule has 1 aliphatic heterocycles. The van der Waals surface area contributed by atoms with E-state index in [1.54, 1.807) is 22.9 Å². The number of benzene rings is 2. The Labute approximate surface area is 150 Å². The summed E-state index contributed by atoms with van der Waals surface area (Å²) in [6.07, 6.45) is 4.11. The normalized spacial score (nSPS) is 15.9. The van der Waals surface area contributed by atoms with Gasteiger partial charge in [0.15, 0.2) is 9.84 Å². The van der Waals surface area contributed by atoms with E-state index in [9.17, 15) is 13.2 Å². The topological polar surface area (TPSA) is 91.2 Å². The number of carbonyl (C=O) groups excluding carboxylic acids is 1. The highest BCUT2D eigenvalue weighted by Gasteiger charge is 2.42. The molecule has 3 aromatic rings. The molecule has 0 bridgehead atoms. The average molecular weight is 371 g/mol. The summed E-state index contributed by atoms with van der Waals surface area (Å²) in [6.45, 7) is 3.88. The van der Waals surface area contributed by atoms with Crippen LogP contribution < -0.4 is 4.74 Å². The van der Waals surface area contributed by atoms with Crippen molar-refractivity contribution in [1.82, 2.24) is 14.8 Å². The van der Waals surface area contributed by atoms with Crippen molar-refractivity contribution in [3.05, 3.63) is 48.0 Å². The summed E-state index contributed by atoms with van der Waals surface area (Å²) in [5, 5.41) is 5.61. The molecule has 8 heteroatoms. The van der Waals surface area contributed by atoms with E-state index >= 15 is 0 Å². The summed E-state index contributed by atoms with van der Waals surface area (Å²) in [5.41, 5.74) is 0.570. The molecule has 0 radical (unpaired) electrons. The first-order chi connectivity index (χ1) is 12.2. The molecule has 0 saturated heterocycles. The van der Waals surface area contributed by atoms with Crippen molar-refractivity contribution < 1.29 is 17.9 Å². The van der Waals surface area contributed by atoms with Crippen molar-refractivity contribution in [2.75, 3.05) is 6.26 Å². The SMILES string of the molecule is CC1(C)C(=O)Oc2ccc3cc(S(C)(=O)=O)c(Cn4cncn4)cc3c21. The summed E-state index contributed by atoms with van der Waals surface area (Å²) in [4.78, 5) is 16.4. The van der Waals surface area contributed by atoms with Gasteiger partial charge in [0.25, 0.3) is 0 Å². The third kappa shape index (κ3) is 2.48. The summed E-state index contributed by atoms with van der Waals surface area (Å²) in [7, 11) is -3.44. The number of fused-ring (bicyclic) bond motifs is 3. The van der Waals surface area contributed by atoms with E-state index in [2.05, 4.69) is 10.1 Å². The van der Waals surface area contributed by atoms with Gasteiger partial charge in [-0.05, 0) is 48.4 Å². The van der Waals surface area contributed by atoms with Gasteiger partial charge in [-0.15, -0.1) is 0 Å². The Balaban J connectivity index is 2.03. The van der Waals surface area contributed by atoms with Crippen molar-refractivity contribution in [3.8, 4) is 5.75 Å². The van der Waals surface area contributed by atoms with Gasteiger partial charge in [-0.3, -0.25) is 4.79 Å². The van der Waals surface area contributed by atoms with Crippen molar-refractivity contribution in [3.63, 3.8) is 0 Å². The number of aromatic nitrogens is 3. The smallest absolute Gasteiger partial charge is 0.321 e. The minimum atomic E-state index is -3.44. The van der Waals surface area contributed by atoms with Crippen molar-refractivity contribution in [2.45, 2.75) is 30.7 Å². The fourth-order valence-electron chi connectivity index (χ4n) is 3.39. The van der Waals surface area contributed by atoms with Crippen LogP contribution in [-0.4, -0.2) is 35.4 Å². The molecular formula is C18H17N3O4S. The van der Waals surface area contributed by atoms with Crippen molar-refractivity contribution in [1.29, 1.82) is 0 Å². The van der Waals surface area contributed by atoms with Crippen LogP contribution in [0.4, 0.5) is 0 Å². The van der Waals surface area contributed by atoms with Crippen LogP contribution in [0.25, 0.3) is 10.8 Å². The Morgan fingerprint density at radius 3 is 2.65 bits per heavy atom. The molecule has 1 aromatic heterocycles. The summed E-state index contributed by atoms with van der Waals surface area (Å²) in [6, 6.07) is 6.95. The van der Waals surface area contributed by atoms with Crippen LogP contribution in [0.1, 0.15) is 25.0 Å². The van der Waals surface area contributed by atoms with Crippen LogP contribution in [0.5, 0.6) is 5.75 Å². The van der Waals surface area contributed by atoms with Crippen LogP contribution in [0.3, 0.4) is 0 Å². The zero-order valence-corrected chi connectivity index (χ0v) is 15.4. The highest BCUT2D eigenvalue weighted by Crippen LogP contribution is 2.44. The first-order valence-electron chi connectivity index (χ1n) is 8.03. The van der Waals surface area contributed by atoms with E-state index in [0.717, 1.165) is 16.3 Å². The monoisotopic (exact) mass is 371 g/mol. The van der Waals surface area contributed by atoms with E-state index in [1.807, 2.05) is 19.9 Å². The van der Waals surface area contributed by atoms with Crippen LogP contribution in [0.2, 0.25) is 0 Å². The molecule has 26 heavy (non-hydrogen) atoms. The van der Waals surface area contributed by atoms with Crippen LogP contribution in [0, 0.1) is 0 Å². The summed E-state index contributed by atoms with van der Waals surface area (Å²) >= 11 is 0. The zero-order valence-electron chi connectivity index (χ0n) is 14.6. The quantitative estimate of drug-likeness (QED) is 0.517. The molecule has 4 rings (SSSR count). The molecule has 2 aromatic carbocycles. The Morgan fingerprint density at radius 2 is 2.00 bits per heavy atom. The van der Waals surface area contributed by atoms with E-state index in [0.29, 0.717) is 11.3 Å². The maximum Gasteiger partial charge on any atom is 0.321 e. The number of hydrogen-bond acceptors (Lipinski definition) is 6. The van der Waals surface area contributed by atoms with Crippen LogP contribution >= 0.6 is 0 Å². The molecule has 0 saturated carbocycles. The van der Waals surface area contributed by atoms with Gasteiger partial charge < -0.3 is 4.74 Å². The van der Waals surface area contributed by atoms with Crippen molar-refractivity contribution >= 4 is 26.6 Å². The van der Waals surface area contributed by atoms with Crippen LogP contribution in [-0.2, 0) is 26.6 Å². The minimum Gasteiger partial charge on any atom is -0.426 e. The van der Waals surface area contributed by atoms with Crippen molar-refractivity contribution in [2.24, 2.45) is 0 Å². The second-order valence-corrected chi connectivity index (χ2v) is 8.98. The van der Waals surface area contributed by atoms with Gasteiger partial charge in [0.2, 0.25) is 0 Å². The van der Waals surface area contributed by atoms with E-state index in [4.69, 9.17) is 4.74 Å². The molecule has 134 valence electrons. The molecule has 0 N–H and O–H groups in total. The maximum absolute atomic E-state index is 12.3. The fourth-order valence-corrected chi connectivity index (χ4v) is 4.33.